The Morgan fingerprint density at radius 1 is 1.14 bits per heavy atom. The van der Waals surface area contributed by atoms with Gasteiger partial charge in [0.1, 0.15) is 11.5 Å². The van der Waals surface area contributed by atoms with Crippen molar-refractivity contribution in [1.29, 1.82) is 0 Å². The Balaban J connectivity index is 2.16. The maximum atomic E-state index is 12.3. The van der Waals surface area contributed by atoms with Gasteiger partial charge in [0.2, 0.25) is 0 Å². The van der Waals surface area contributed by atoms with E-state index in [0.29, 0.717) is 17.9 Å². The van der Waals surface area contributed by atoms with Crippen LogP contribution in [0.3, 0.4) is 0 Å². The third kappa shape index (κ3) is 3.89. The lowest BCUT2D eigenvalue weighted by Crippen LogP contribution is -2.10. The largest absolute Gasteiger partial charge is 0.492 e. The summed E-state index contributed by atoms with van der Waals surface area (Å²) < 4.78 is 11.8. The number of ether oxygens (including phenoxy) is 2. The van der Waals surface area contributed by atoms with Crippen LogP contribution in [0.5, 0.6) is 11.5 Å². The standard InChI is InChI=1S/C18H19BrO3/c1-4-10-21-17-9-8-14(11-15(17)19)18(20)22-16-7-5-6-12(2)13(16)3/h5-9,11H,4,10H2,1-3H3. The number of hydrogen-bond donors (Lipinski definition) is 0. The smallest absolute Gasteiger partial charge is 0.343 e. The zero-order chi connectivity index (χ0) is 16.1. The number of aryl methyl sites for hydroxylation is 1. The fourth-order valence-corrected chi connectivity index (χ4v) is 2.44. The molecule has 0 heterocycles. The van der Waals surface area contributed by atoms with E-state index in [1.54, 1.807) is 24.3 Å². The van der Waals surface area contributed by atoms with E-state index in [4.69, 9.17) is 9.47 Å². The molecule has 3 nitrogen and oxygen atoms in total. The van der Waals surface area contributed by atoms with E-state index in [2.05, 4.69) is 15.9 Å². The zero-order valence-corrected chi connectivity index (χ0v) is 14.6. The Labute approximate surface area is 139 Å². The van der Waals surface area contributed by atoms with Gasteiger partial charge in [-0.3, -0.25) is 0 Å². The van der Waals surface area contributed by atoms with Crippen molar-refractivity contribution < 1.29 is 14.3 Å². The summed E-state index contributed by atoms with van der Waals surface area (Å²) in [6.07, 6.45) is 0.933. The summed E-state index contributed by atoms with van der Waals surface area (Å²) in [5.41, 5.74) is 2.55. The van der Waals surface area contributed by atoms with Crippen LogP contribution in [0.15, 0.2) is 40.9 Å². The predicted molar refractivity (Wildman–Crippen MR) is 90.8 cm³/mol. The quantitative estimate of drug-likeness (QED) is 0.549. The van der Waals surface area contributed by atoms with Crippen LogP contribution in [0, 0.1) is 13.8 Å². The molecule has 0 fully saturated rings. The molecule has 0 unspecified atom stereocenters. The zero-order valence-electron chi connectivity index (χ0n) is 13.0. The van der Waals surface area contributed by atoms with Crippen LogP contribution in [-0.2, 0) is 0 Å². The van der Waals surface area contributed by atoms with E-state index < -0.39 is 0 Å². The van der Waals surface area contributed by atoms with Crippen molar-refractivity contribution in [2.24, 2.45) is 0 Å². The Morgan fingerprint density at radius 2 is 1.91 bits per heavy atom. The number of rotatable bonds is 5. The van der Waals surface area contributed by atoms with Crippen LogP contribution in [0.1, 0.15) is 34.8 Å². The van der Waals surface area contributed by atoms with E-state index in [1.807, 2.05) is 32.9 Å². The lowest BCUT2D eigenvalue weighted by molar-refractivity contribution is 0.0733. The molecule has 0 N–H and O–H groups in total. The van der Waals surface area contributed by atoms with Crippen LogP contribution in [0.4, 0.5) is 0 Å². The van der Waals surface area contributed by atoms with Crippen molar-refractivity contribution in [3.05, 3.63) is 57.6 Å². The molecule has 0 atom stereocenters. The van der Waals surface area contributed by atoms with Gasteiger partial charge in [0.05, 0.1) is 16.6 Å². The third-order valence-corrected chi connectivity index (χ3v) is 4.01. The lowest BCUT2D eigenvalue weighted by atomic mass is 10.1. The normalized spacial score (nSPS) is 10.4. The molecule has 2 rings (SSSR count). The van der Waals surface area contributed by atoms with Crippen molar-refractivity contribution in [2.45, 2.75) is 27.2 Å². The van der Waals surface area contributed by atoms with Gasteiger partial charge in [-0.2, -0.15) is 0 Å². The second kappa shape index (κ2) is 7.45. The lowest BCUT2D eigenvalue weighted by Gasteiger charge is -2.11. The Hall–Kier alpha value is -1.81. The van der Waals surface area contributed by atoms with Gasteiger partial charge in [-0.05, 0) is 71.6 Å². The second-order valence-electron chi connectivity index (χ2n) is 5.08. The summed E-state index contributed by atoms with van der Waals surface area (Å²) in [5, 5.41) is 0. The van der Waals surface area contributed by atoms with Crippen molar-refractivity contribution >= 4 is 21.9 Å². The maximum absolute atomic E-state index is 12.3. The van der Waals surface area contributed by atoms with Gasteiger partial charge >= 0.3 is 5.97 Å². The van der Waals surface area contributed by atoms with Gasteiger partial charge in [0.15, 0.2) is 0 Å². The SMILES string of the molecule is CCCOc1ccc(C(=O)Oc2cccc(C)c2C)cc1Br. The average molecular weight is 363 g/mol. The first-order valence-corrected chi connectivity index (χ1v) is 8.03. The summed E-state index contributed by atoms with van der Waals surface area (Å²) in [6, 6.07) is 10.9. The number of esters is 1. The minimum atomic E-state index is -0.378. The topological polar surface area (TPSA) is 35.5 Å². The highest BCUT2D eigenvalue weighted by atomic mass is 79.9. The van der Waals surface area contributed by atoms with Crippen LogP contribution >= 0.6 is 15.9 Å². The van der Waals surface area contributed by atoms with Crippen LogP contribution < -0.4 is 9.47 Å². The molecule has 0 radical (unpaired) electrons. The van der Waals surface area contributed by atoms with Crippen molar-refractivity contribution in [1.82, 2.24) is 0 Å². The van der Waals surface area contributed by atoms with Gasteiger partial charge in [-0.1, -0.05) is 19.1 Å². The number of benzene rings is 2. The molecular formula is C18H19BrO3. The molecule has 0 aliphatic heterocycles. The maximum Gasteiger partial charge on any atom is 0.343 e. The molecule has 2 aromatic rings. The van der Waals surface area contributed by atoms with E-state index in [0.717, 1.165) is 27.8 Å². The summed E-state index contributed by atoms with van der Waals surface area (Å²) in [7, 11) is 0. The monoisotopic (exact) mass is 362 g/mol. The molecule has 2 aromatic carbocycles. The first-order valence-electron chi connectivity index (χ1n) is 7.23. The van der Waals surface area contributed by atoms with E-state index in [1.165, 1.54) is 0 Å². The molecule has 22 heavy (non-hydrogen) atoms. The third-order valence-electron chi connectivity index (χ3n) is 3.39. The van der Waals surface area contributed by atoms with Crippen molar-refractivity contribution in [3.63, 3.8) is 0 Å². The first-order chi connectivity index (χ1) is 10.5. The molecule has 0 aromatic heterocycles. The van der Waals surface area contributed by atoms with Crippen molar-refractivity contribution in [3.8, 4) is 11.5 Å². The minimum Gasteiger partial charge on any atom is -0.492 e. The molecule has 0 aliphatic carbocycles. The second-order valence-corrected chi connectivity index (χ2v) is 5.94. The molecular weight excluding hydrogens is 344 g/mol. The van der Waals surface area contributed by atoms with E-state index >= 15 is 0 Å². The van der Waals surface area contributed by atoms with Gasteiger partial charge in [-0.25, -0.2) is 4.79 Å². The highest BCUT2D eigenvalue weighted by Gasteiger charge is 2.13. The first kappa shape index (κ1) is 16.6. The van der Waals surface area contributed by atoms with Crippen molar-refractivity contribution in [2.75, 3.05) is 6.61 Å². The number of carbonyl (C=O) groups is 1. The van der Waals surface area contributed by atoms with Crippen LogP contribution in [0.25, 0.3) is 0 Å². The fraction of sp³-hybridized carbons (Fsp3) is 0.278. The van der Waals surface area contributed by atoms with Crippen LogP contribution in [-0.4, -0.2) is 12.6 Å². The highest BCUT2D eigenvalue weighted by Crippen LogP contribution is 2.27. The van der Waals surface area contributed by atoms with Gasteiger partial charge < -0.3 is 9.47 Å². The molecule has 116 valence electrons. The average Bonchev–Trinajstić information content (AvgIpc) is 2.50. The molecule has 0 saturated heterocycles. The van der Waals surface area contributed by atoms with Gasteiger partial charge in [0, 0.05) is 0 Å². The van der Waals surface area contributed by atoms with Gasteiger partial charge in [-0.15, -0.1) is 0 Å². The van der Waals surface area contributed by atoms with Crippen LogP contribution in [0.2, 0.25) is 0 Å². The number of carbonyl (C=O) groups excluding carboxylic acids is 1. The molecule has 4 heteroatoms. The Kier molecular flexibility index (Phi) is 5.61. The summed E-state index contributed by atoms with van der Waals surface area (Å²) in [5.74, 6) is 0.939. The molecule has 0 saturated carbocycles. The van der Waals surface area contributed by atoms with E-state index in [9.17, 15) is 4.79 Å². The summed E-state index contributed by atoms with van der Waals surface area (Å²) >= 11 is 3.42. The predicted octanol–water partition coefficient (Wildman–Crippen LogP) is 5.07. The Bertz CT molecular complexity index is 680. The summed E-state index contributed by atoms with van der Waals surface area (Å²) in [6.45, 7) is 6.62. The molecule has 0 spiro atoms. The highest BCUT2D eigenvalue weighted by molar-refractivity contribution is 9.10. The summed E-state index contributed by atoms with van der Waals surface area (Å²) in [4.78, 5) is 12.3. The number of halogens is 1. The minimum absolute atomic E-state index is 0.378. The number of hydrogen-bond acceptors (Lipinski definition) is 3. The fourth-order valence-electron chi connectivity index (χ4n) is 1.95. The molecule has 0 amide bonds. The van der Waals surface area contributed by atoms with E-state index in [-0.39, 0.29) is 5.97 Å². The Morgan fingerprint density at radius 3 is 2.59 bits per heavy atom. The molecule has 0 bridgehead atoms. The molecule has 0 aliphatic rings. The van der Waals surface area contributed by atoms with Gasteiger partial charge in [0.25, 0.3) is 0 Å².